The number of nitrogens with zero attached hydrogens (tertiary/aromatic N) is 2. The first-order chi connectivity index (χ1) is 8.21. The number of hydrogen-bond donors (Lipinski definition) is 2. The third-order valence-corrected chi connectivity index (χ3v) is 3.04. The van der Waals surface area contributed by atoms with Crippen molar-refractivity contribution in [2.75, 3.05) is 13.2 Å². The molecule has 2 N–H and O–H groups in total. The molecule has 1 unspecified atom stereocenters. The van der Waals surface area contributed by atoms with E-state index in [0.29, 0.717) is 13.2 Å². The molecule has 0 aromatic carbocycles. The smallest absolute Gasteiger partial charge is 0.251 e. The number of H-pyrrole nitrogens is 1. The Morgan fingerprint density at radius 3 is 3.24 bits per heavy atom. The van der Waals surface area contributed by atoms with Gasteiger partial charge in [0.05, 0.1) is 0 Å². The second-order valence-corrected chi connectivity index (χ2v) is 4.47. The summed E-state index contributed by atoms with van der Waals surface area (Å²) in [5.74, 6) is 0.843. The van der Waals surface area contributed by atoms with E-state index in [0.717, 1.165) is 31.5 Å². The fraction of sp³-hybridized carbons (Fsp3) is 0.727. The summed E-state index contributed by atoms with van der Waals surface area (Å²) in [6, 6.07) is 0. The Morgan fingerprint density at radius 1 is 1.71 bits per heavy atom. The van der Waals surface area contributed by atoms with Crippen LogP contribution in [0.3, 0.4) is 0 Å². The summed E-state index contributed by atoms with van der Waals surface area (Å²) >= 11 is 0. The zero-order valence-electron chi connectivity index (χ0n) is 10.0. The van der Waals surface area contributed by atoms with Gasteiger partial charge in [0.1, 0.15) is 17.8 Å². The molecule has 0 radical (unpaired) electrons. The molecule has 6 heteroatoms. The van der Waals surface area contributed by atoms with E-state index in [1.807, 2.05) is 6.92 Å². The highest BCUT2D eigenvalue weighted by Gasteiger charge is 2.37. The molecule has 1 fully saturated rings. The molecule has 6 nitrogen and oxygen atoms in total. The molecule has 1 saturated heterocycles. The Morgan fingerprint density at radius 2 is 2.59 bits per heavy atom. The first-order valence-corrected chi connectivity index (χ1v) is 5.97. The normalized spacial score (nSPS) is 23.8. The second-order valence-electron chi connectivity index (χ2n) is 4.47. The Labute approximate surface area is 100 Å². The number of hydrogen-bond acceptors (Lipinski definition) is 4. The molecule has 1 aliphatic heterocycles. The maximum absolute atomic E-state index is 11.9. The molecule has 1 atom stereocenters. The lowest BCUT2D eigenvalue weighted by molar-refractivity contribution is -0.139. The predicted octanol–water partition coefficient (Wildman–Crippen LogP) is 0.423. The number of amides is 1. The van der Waals surface area contributed by atoms with Crippen molar-refractivity contribution in [3.8, 4) is 0 Å². The van der Waals surface area contributed by atoms with Gasteiger partial charge in [-0.05, 0) is 26.2 Å². The minimum absolute atomic E-state index is 0.00688. The van der Waals surface area contributed by atoms with Gasteiger partial charge in [0.15, 0.2) is 0 Å². The molecule has 17 heavy (non-hydrogen) atoms. The lowest BCUT2D eigenvalue weighted by atomic mass is 10.0. The fourth-order valence-electron chi connectivity index (χ4n) is 1.95. The van der Waals surface area contributed by atoms with E-state index in [1.165, 1.54) is 6.33 Å². The Bertz CT molecular complexity index is 358. The minimum atomic E-state index is -0.619. The predicted molar refractivity (Wildman–Crippen MR) is 61.3 cm³/mol. The maximum Gasteiger partial charge on any atom is 0.251 e. The van der Waals surface area contributed by atoms with Crippen LogP contribution in [-0.2, 0) is 16.0 Å². The first kappa shape index (κ1) is 12.0. The van der Waals surface area contributed by atoms with Gasteiger partial charge in [-0.1, -0.05) is 0 Å². The summed E-state index contributed by atoms with van der Waals surface area (Å²) < 4.78 is 5.46. The van der Waals surface area contributed by atoms with Gasteiger partial charge in [0.2, 0.25) is 0 Å². The van der Waals surface area contributed by atoms with Gasteiger partial charge in [0.25, 0.3) is 5.91 Å². The second kappa shape index (κ2) is 5.27. The summed E-state index contributed by atoms with van der Waals surface area (Å²) in [5.41, 5.74) is -0.619. The van der Waals surface area contributed by atoms with E-state index in [9.17, 15) is 4.79 Å². The molecular weight excluding hydrogens is 220 g/mol. The summed E-state index contributed by atoms with van der Waals surface area (Å²) in [7, 11) is 0. The average Bonchev–Trinajstić information content (AvgIpc) is 2.96. The van der Waals surface area contributed by atoms with E-state index >= 15 is 0 Å². The van der Waals surface area contributed by atoms with Crippen molar-refractivity contribution in [2.45, 2.75) is 38.2 Å². The van der Waals surface area contributed by atoms with Gasteiger partial charge >= 0.3 is 0 Å². The summed E-state index contributed by atoms with van der Waals surface area (Å²) in [5, 5.41) is 9.46. The third kappa shape index (κ3) is 3.03. The van der Waals surface area contributed by atoms with Crippen LogP contribution in [0, 0.1) is 0 Å². The van der Waals surface area contributed by atoms with Crippen LogP contribution in [0.4, 0.5) is 0 Å². The number of aryl methyl sites for hydroxylation is 1. The molecule has 1 aliphatic rings. The van der Waals surface area contributed by atoms with Crippen LogP contribution in [0.25, 0.3) is 0 Å². The topological polar surface area (TPSA) is 79.9 Å². The van der Waals surface area contributed by atoms with Crippen molar-refractivity contribution < 1.29 is 9.53 Å². The van der Waals surface area contributed by atoms with Gasteiger partial charge < -0.3 is 10.1 Å². The van der Waals surface area contributed by atoms with Crippen molar-refractivity contribution in [1.29, 1.82) is 0 Å². The average molecular weight is 238 g/mol. The molecule has 0 saturated carbocycles. The summed E-state index contributed by atoms with van der Waals surface area (Å²) in [6.45, 7) is 3.17. The maximum atomic E-state index is 11.9. The lowest BCUT2D eigenvalue weighted by Gasteiger charge is -2.21. The Hall–Kier alpha value is -1.43. The lowest BCUT2D eigenvalue weighted by Crippen LogP contribution is -2.44. The van der Waals surface area contributed by atoms with E-state index in [2.05, 4.69) is 20.5 Å². The molecule has 2 heterocycles. The van der Waals surface area contributed by atoms with Crippen molar-refractivity contribution in [2.24, 2.45) is 0 Å². The zero-order chi connectivity index (χ0) is 12.1. The van der Waals surface area contributed by atoms with E-state index < -0.39 is 5.60 Å². The Kier molecular flexibility index (Phi) is 3.73. The van der Waals surface area contributed by atoms with Crippen LogP contribution in [-0.4, -0.2) is 39.8 Å². The van der Waals surface area contributed by atoms with Gasteiger partial charge in [-0.25, -0.2) is 4.98 Å². The molecule has 1 amide bonds. The number of ether oxygens (including phenoxy) is 1. The van der Waals surface area contributed by atoms with Crippen LogP contribution in [0.2, 0.25) is 0 Å². The molecule has 94 valence electrons. The summed E-state index contributed by atoms with van der Waals surface area (Å²) in [6.07, 6.45) is 4.89. The highest BCUT2D eigenvalue weighted by atomic mass is 16.5. The van der Waals surface area contributed by atoms with Gasteiger partial charge in [-0.15, -0.1) is 0 Å². The Balaban J connectivity index is 1.66. The quantitative estimate of drug-likeness (QED) is 0.729. The summed E-state index contributed by atoms with van der Waals surface area (Å²) in [4.78, 5) is 15.9. The molecule has 1 aromatic rings. The van der Waals surface area contributed by atoms with Crippen molar-refractivity contribution in [1.82, 2.24) is 20.5 Å². The standard InChI is InChI=1S/C11H18N4O2/c1-11(5-3-7-17-11)10(16)12-6-2-4-9-13-8-14-15-9/h8H,2-7H2,1H3,(H,12,16)(H,13,14,15). The van der Waals surface area contributed by atoms with Crippen molar-refractivity contribution in [3.63, 3.8) is 0 Å². The molecular formula is C11H18N4O2. The highest BCUT2D eigenvalue weighted by Crippen LogP contribution is 2.24. The number of carbonyl (C=O) groups is 1. The molecule has 0 bridgehead atoms. The SMILES string of the molecule is CC1(C(=O)NCCCc2ncn[nH]2)CCCO1. The van der Waals surface area contributed by atoms with Crippen molar-refractivity contribution in [3.05, 3.63) is 12.2 Å². The van der Waals surface area contributed by atoms with Crippen LogP contribution in [0.15, 0.2) is 6.33 Å². The van der Waals surface area contributed by atoms with E-state index in [1.54, 1.807) is 0 Å². The number of aromatic nitrogens is 3. The molecule has 0 aliphatic carbocycles. The van der Waals surface area contributed by atoms with Gasteiger partial charge in [-0.3, -0.25) is 9.89 Å². The first-order valence-electron chi connectivity index (χ1n) is 5.97. The zero-order valence-corrected chi connectivity index (χ0v) is 10.0. The largest absolute Gasteiger partial charge is 0.365 e. The highest BCUT2D eigenvalue weighted by molar-refractivity contribution is 5.84. The third-order valence-electron chi connectivity index (χ3n) is 3.04. The van der Waals surface area contributed by atoms with E-state index in [4.69, 9.17) is 4.74 Å². The molecule has 2 rings (SSSR count). The van der Waals surface area contributed by atoms with E-state index in [-0.39, 0.29) is 5.91 Å². The molecule has 0 spiro atoms. The van der Waals surface area contributed by atoms with Crippen molar-refractivity contribution >= 4 is 5.91 Å². The van der Waals surface area contributed by atoms with Crippen LogP contribution < -0.4 is 5.32 Å². The van der Waals surface area contributed by atoms with Gasteiger partial charge in [-0.2, -0.15) is 5.10 Å². The number of aromatic amines is 1. The van der Waals surface area contributed by atoms with Crippen LogP contribution >= 0.6 is 0 Å². The fourth-order valence-corrected chi connectivity index (χ4v) is 1.95. The monoisotopic (exact) mass is 238 g/mol. The van der Waals surface area contributed by atoms with Crippen LogP contribution in [0.1, 0.15) is 32.0 Å². The van der Waals surface area contributed by atoms with Crippen LogP contribution in [0.5, 0.6) is 0 Å². The number of rotatable bonds is 5. The minimum Gasteiger partial charge on any atom is -0.365 e. The number of carbonyl (C=O) groups excluding carboxylic acids is 1. The van der Waals surface area contributed by atoms with Gasteiger partial charge in [0, 0.05) is 19.6 Å². The molecule has 1 aromatic heterocycles. The number of nitrogens with one attached hydrogen (secondary N) is 2.